The number of ether oxygens (including phenoxy) is 1. The Balaban J connectivity index is 2.38. The summed E-state index contributed by atoms with van der Waals surface area (Å²) in [5.74, 6) is 0.991. The smallest absolute Gasteiger partial charge is 0.122 e. The summed E-state index contributed by atoms with van der Waals surface area (Å²) >= 11 is 0. The zero-order valence-corrected chi connectivity index (χ0v) is 9.05. The van der Waals surface area contributed by atoms with Gasteiger partial charge in [0.2, 0.25) is 0 Å². The largest absolute Gasteiger partial charge is 0.496 e. The highest BCUT2D eigenvalue weighted by molar-refractivity contribution is 5.45. The molecule has 1 saturated heterocycles. The predicted molar refractivity (Wildman–Crippen MR) is 57.8 cm³/mol. The van der Waals surface area contributed by atoms with Crippen molar-refractivity contribution in [2.45, 2.75) is 26.3 Å². The maximum atomic E-state index is 5.29. The summed E-state index contributed by atoms with van der Waals surface area (Å²) in [5, 5.41) is 3.43. The van der Waals surface area contributed by atoms with Crippen LogP contribution in [0.2, 0.25) is 0 Å². The van der Waals surface area contributed by atoms with Crippen molar-refractivity contribution in [2.24, 2.45) is 0 Å². The van der Waals surface area contributed by atoms with Gasteiger partial charge in [-0.3, -0.25) is 0 Å². The minimum absolute atomic E-state index is 0.569. The highest BCUT2D eigenvalue weighted by Crippen LogP contribution is 2.31. The first-order valence-electron chi connectivity index (χ1n) is 5.11. The molecule has 1 heterocycles. The third kappa shape index (κ3) is 1.40. The molecule has 0 aliphatic carbocycles. The SMILES string of the molecule is COc1ccc(C2CCN2)c(C)c1C. The lowest BCUT2D eigenvalue weighted by Gasteiger charge is -2.30. The average molecular weight is 191 g/mol. The second kappa shape index (κ2) is 3.62. The summed E-state index contributed by atoms with van der Waals surface area (Å²) in [6, 6.07) is 4.81. The van der Waals surface area contributed by atoms with E-state index in [1.807, 2.05) is 0 Å². The van der Waals surface area contributed by atoms with Crippen LogP contribution < -0.4 is 10.1 Å². The maximum absolute atomic E-state index is 5.29. The molecule has 2 rings (SSSR count). The molecule has 2 nitrogen and oxygen atoms in total. The van der Waals surface area contributed by atoms with E-state index in [0.717, 1.165) is 12.3 Å². The van der Waals surface area contributed by atoms with Gasteiger partial charge in [-0.15, -0.1) is 0 Å². The summed E-state index contributed by atoms with van der Waals surface area (Å²) < 4.78 is 5.29. The molecule has 0 spiro atoms. The van der Waals surface area contributed by atoms with Gasteiger partial charge in [-0.25, -0.2) is 0 Å². The second-order valence-corrected chi connectivity index (χ2v) is 3.90. The number of benzene rings is 1. The van der Waals surface area contributed by atoms with Crippen molar-refractivity contribution >= 4 is 0 Å². The van der Waals surface area contributed by atoms with Crippen molar-refractivity contribution in [3.63, 3.8) is 0 Å². The Bertz CT molecular complexity index is 342. The van der Waals surface area contributed by atoms with E-state index < -0.39 is 0 Å². The van der Waals surface area contributed by atoms with Gasteiger partial charge in [-0.1, -0.05) is 6.07 Å². The van der Waals surface area contributed by atoms with E-state index in [4.69, 9.17) is 4.74 Å². The first-order chi connectivity index (χ1) is 6.74. The summed E-state index contributed by atoms with van der Waals surface area (Å²) in [5.41, 5.74) is 4.05. The minimum Gasteiger partial charge on any atom is -0.496 e. The van der Waals surface area contributed by atoms with Crippen LogP contribution in [0.25, 0.3) is 0 Å². The van der Waals surface area contributed by atoms with Gasteiger partial charge >= 0.3 is 0 Å². The quantitative estimate of drug-likeness (QED) is 0.774. The van der Waals surface area contributed by atoms with Crippen LogP contribution in [0.15, 0.2) is 12.1 Å². The molecule has 1 N–H and O–H groups in total. The number of hydrogen-bond donors (Lipinski definition) is 1. The van der Waals surface area contributed by atoms with E-state index in [-0.39, 0.29) is 0 Å². The molecule has 1 aliphatic heterocycles. The summed E-state index contributed by atoms with van der Waals surface area (Å²) in [6.45, 7) is 5.44. The highest BCUT2D eigenvalue weighted by atomic mass is 16.5. The zero-order chi connectivity index (χ0) is 10.1. The van der Waals surface area contributed by atoms with E-state index >= 15 is 0 Å². The fourth-order valence-corrected chi connectivity index (χ4v) is 1.97. The zero-order valence-electron chi connectivity index (χ0n) is 9.05. The third-order valence-corrected chi connectivity index (χ3v) is 3.20. The van der Waals surface area contributed by atoms with Gasteiger partial charge in [-0.2, -0.15) is 0 Å². The summed E-state index contributed by atoms with van der Waals surface area (Å²) in [4.78, 5) is 0. The number of rotatable bonds is 2. The first kappa shape index (κ1) is 9.53. The van der Waals surface area contributed by atoms with Crippen molar-refractivity contribution in [1.82, 2.24) is 5.32 Å². The Morgan fingerprint density at radius 2 is 2.00 bits per heavy atom. The molecule has 1 fully saturated rings. The molecule has 0 saturated carbocycles. The Morgan fingerprint density at radius 1 is 1.29 bits per heavy atom. The molecule has 1 aliphatic rings. The van der Waals surface area contributed by atoms with E-state index in [1.54, 1.807) is 7.11 Å². The van der Waals surface area contributed by atoms with Crippen molar-refractivity contribution < 1.29 is 4.74 Å². The molecule has 2 heteroatoms. The number of methoxy groups -OCH3 is 1. The van der Waals surface area contributed by atoms with Crippen LogP contribution in [0.5, 0.6) is 5.75 Å². The third-order valence-electron chi connectivity index (χ3n) is 3.20. The summed E-state index contributed by atoms with van der Waals surface area (Å²) in [6.07, 6.45) is 1.26. The number of nitrogens with one attached hydrogen (secondary N) is 1. The van der Waals surface area contributed by atoms with Crippen LogP contribution in [-0.4, -0.2) is 13.7 Å². The monoisotopic (exact) mass is 191 g/mol. The Hall–Kier alpha value is -1.02. The van der Waals surface area contributed by atoms with Gasteiger partial charge in [0, 0.05) is 6.04 Å². The van der Waals surface area contributed by atoms with Crippen molar-refractivity contribution in [3.8, 4) is 5.75 Å². The molecule has 1 atom stereocenters. The Morgan fingerprint density at radius 3 is 2.50 bits per heavy atom. The van der Waals surface area contributed by atoms with Crippen LogP contribution in [-0.2, 0) is 0 Å². The molecular formula is C12H17NO. The van der Waals surface area contributed by atoms with Crippen molar-refractivity contribution in [1.29, 1.82) is 0 Å². The molecule has 1 aromatic carbocycles. The topological polar surface area (TPSA) is 21.3 Å². The maximum Gasteiger partial charge on any atom is 0.122 e. The lowest BCUT2D eigenvalue weighted by Crippen LogP contribution is -2.35. The van der Waals surface area contributed by atoms with E-state index in [1.165, 1.54) is 23.1 Å². The normalized spacial score (nSPS) is 20.4. The van der Waals surface area contributed by atoms with Crippen LogP contribution >= 0.6 is 0 Å². The van der Waals surface area contributed by atoms with Gasteiger partial charge < -0.3 is 10.1 Å². The van der Waals surface area contributed by atoms with Gasteiger partial charge in [0.15, 0.2) is 0 Å². The average Bonchev–Trinajstić information content (AvgIpc) is 2.10. The molecule has 1 unspecified atom stereocenters. The van der Waals surface area contributed by atoms with Crippen LogP contribution in [0, 0.1) is 13.8 Å². The van der Waals surface area contributed by atoms with Crippen LogP contribution in [0.3, 0.4) is 0 Å². The Kier molecular flexibility index (Phi) is 2.46. The summed E-state index contributed by atoms with van der Waals surface area (Å²) in [7, 11) is 1.73. The van der Waals surface area contributed by atoms with E-state index in [9.17, 15) is 0 Å². The van der Waals surface area contributed by atoms with Crippen LogP contribution in [0.1, 0.15) is 29.2 Å². The van der Waals surface area contributed by atoms with E-state index in [2.05, 4.69) is 31.3 Å². The molecule has 76 valence electrons. The predicted octanol–water partition coefficient (Wildman–Crippen LogP) is 2.35. The van der Waals surface area contributed by atoms with Gasteiger partial charge in [-0.05, 0) is 49.6 Å². The standard InChI is InChI=1S/C12H17NO/c1-8-9(2)12(14-3)5-4-10(8)11-6-7-13-11/h4-5,11,13H,6-7H2,1-3H3. The fraction of sp³-hybridized carbons (Fsp3) is 0.500. The molecule has 0 radical (unpaired) electrons. The molecule has 1 aromatic rings. The molecule has 0 amide bonds. The lowest BCUT2D eigenvalue weighted by molar-refractivity contribution is 0.379. The minimum atomic E-state index is 0.569. The first-order valence-corrected chi connectivity index (χ1v) is 5.11. The molecule has 0 bridgehead atoms. The second-order valence-electron chi connectivity index (χ2n) is 3.90. The van der Waals surface area contributed by atoms with Gasteiger partial charge in [0.25, 0.3) is 0 Å². The highest BCUT2D eigenvalue weighted by Gasteiger charge is 2.21. The van der Waals surface area contributed by atoms with E-state index in [0.29, 0.717) is 6.04 Å². The fourth-order valence-electron chi connectivity index (χ4n) is 1.97. The van der Waals surface area contributed by atoms with Gasteiger partial charge in [0.1, 0.15) is 5.75 Å². The van der Waals surface area contributed by atoms with Gasteiger partial charge in [0.05, 0.1) is 7.11 Å². The van der Waals surface area contributed by atoms with Crippen molar-refractivity contribution in [3.05, 3.63) is 28.8 Å². The van der Waals surface area contributed by atoms with Crippen molar-refractivity contribution in [2.75, 3.05) is 13.7 Å². The molecule has 14 heavy (non-hydrogen) atoms. The Labute approximate surface area is 85.3 Å². The van der Waals surface area contributed by atoms with Crippen LogP contribution in [0.4, 0.5) is 0 Å². The molecular weight excluding hydrogens is 174 g/mol. The number of hydrogen-bond acceptors (Lipinski definition) is 2. The lowest BCUT2D eigenvalue weighted by atomic mass is 9.91. The molecule has 0 aromatic heterocycles.